The van der Waals surface area contributed by atoms with Gasteiger partial charge < -0.3 is 23.4 Å². The average molecular weight is 384 g/mol. The van der Waals surface area contributed by atoms with Gasteiger partial charge in [-0.1, -0.05) is 6.07 Å². The SMILES string of the molecule is COCC(=O)Oc1ccc2c(=O)c(-c3ccc(OC)c(OC)c3)c(C)oc2c1. The predicted octanol–water partition coefficient (Wildman–Crippen LogP) is 3.34. The molecule has 28 heavy (non-hydrogen) atoms. The summed E-state index contributed by atoms with van der Waals surface area (Å²) in [6.45, 7) is 1.54. The minimum Gasteiger partial charge on any atom is -0.493 e. The van der Waals surface area contributed by atoms with Gasteiger partial charge in [0, 0.05) is 13.2 Å². The highest BCUT2D eigenvalue weighted by atomic mass is 16.6. The van der Waals surface area contributed by atoms with E-state index in [1.807, 2.05) is 0 Å². The lowest BCUT2D eigenvalue weighted by Crippen LogP contribution is -2.14. The first-order valence-corrected chi connectivity index (χ1v) is 8.48. The largest absolute Gasteiger partial charge is 0.493 e. The average Bonchev–Trinajstić information content (AvgIpc) is 2.67. The van der Waals surface area contributed by atoms with Crippen LogP contribution in [0.25, 0.3) is 22.1 Å². The lowest BCUT2D eigenvalue weighted by Gasteiger charge is -2.11. The molecular formula is C21H20O7. The number of benzene rings is 2. The van der Waals surface area contributed by atoms with E-state index in [-0.39, 0.29) is 17.8 Å². The van der Waals surface area contributed by atoms with Gasteiger partial charge in [0.1, 0.15) is 23.7 Å². The normalized spacial score (nSPS) is 10.7. The van der Waals surface area contributed by atoms with Crippen LogP contribution in [-0.4, -0.2) is 33.9 Å². The van der Waals surface area contributed by atoms with E-state index in [1.165, 1.54) is 20.3 Å². The third kappa shape index (κ3) is 3.70. The molecule has 0 aliphatic rings. The summed E-state index contributed by atoms with van der Waals surface area (Å²) in [7, 11) is 4.48. The Morgan fingerprint density at radius 3 is 2.43 bits per heavy atom. The third-order valence-electron chi connectivity index (χ3n) is 4.21. The number of rotatable bonds is 6. The summed E-state index contributed by atoms with van der Waals surface area (Å²) in [5.74, 6) is 1.25. The van der Waals surface area contributed by atoms with Gasteiger partial charge in [0.25, 0.3) is 0 Å². The second kappa shape index (κ2) is 8.14. The number of methoxy groups -OCH3 is 3. The Kier molecular flexibility index (Phi) is 5.65. The lowest BCUT2D eigenvalue weighted by molar-refractivity contribution is -0.138. The van der Waals surface area contributed by atoms with Gasteiger partial charge in [-0.25, -0.2) is 4.79 Å². The number of aryl methyl sites for hydroxylation is 1. The van der Waals surface area contributed by atoms with Gasteiger partial charge in [-0.2, -0.15) is 0 Å². The van der Waals surface area contributed by atoms with E-state index in [9.17, 15) is 9.59 Å². The molecule has 0 fully saturated rings. The van der Waals surface area contributed by atoms with Crippen molar-refractivity contribution in [1.29, 1.82) is 0 Å². The molecule has 0 spiro atoms. The van der Waals surface area contributed by atoms with Crippen molar-refractivity contribution in [2.75, 3.05) is 27.9 Å². The summed E-state index contributed by atoms with van der Waals surface area (Å²) in [6, 6.07) is 9.85. The Morgan fingerprint density at radius 1 is 1.00 bits per heavy atom. The highest BCUT2D eigenvalue weighted by molar-refractivity contribution is 5.85. The van der Waals surface area contributed by atoms with E-state index in [2.05, 4.69) is 0 Å². The summed E-state index contributed by atoms with van der Waals surface area (Å²) >= 11 is 0. The zero-order chi connectivity index (χ0) is 20.3. The quantitative estimate of drug-likeness (QED) is 0.476. The molecule has 0 aliphatic heterocycles. The fraction of sp³-hybridized carbons (Fsp3) is 0.238. The summed E-state index contributed by atoms with van der Waals surface area (Å²) in [5.41, 5.74) is 1.22. The highest BCUT2D eigenvalue weighted by Crippen LogP contribution is 2.33. The molecule has 0 unspecified atom stereocenters. The molecule has 3 rings (SSSR count). The van der Waals surface area contributed by atoms with Crippen LogP contribution < -0.4 is 19.6 Å². The van der Waals surface area contributed by atoms with Crippen molar-refractivity contribution >= 4 is 16.9 Å². The first-order chi connectivity index (χ1) is 13.5. The van der Waals surface area contributed by atoms with Gasteiger partial charge in [-0.05, 0) is 36.8 Å². The molecule has 0 bridgehead atoms. The Hall–Kier alpha value is -3.32. The zero-order valence-corrected chi connectivity index (χ0v) is 16.0. The standard InChI is InChI=1S/C21H20O7/c1-12-20(13-5-8-16(25-3)18(9-13)26-4)21(23)15-7-6-14(10-17(15)27-12)28-19(22)11-24-2/h5-10H,11H2,1-4H3. The van der Waals surface area contributed by atoms with Crippen LogP contribution in [0, 0.1) is 6.92 Å². The molecule has 0 amide bonds. The first kappa shape index (κ1) is 19.4. The molecule has 2 aromatic carbocycles. The third-order valence-corrected chi connectivity index (χ3v) is 4.21. The minimum atomic E-state index is -0.539. The van der Waals surface area contributed by atoms with Gasteiger partial charge >= 0.3 is 5.97 Å². The van der Waals surface area contributed by atoms with E-state index in [4.69, 9.17) is 23.4 Å². The van der Waals surface area contributed by atoms with E-state index in [0.717, 1.165) is 0 Å². The summed E-state index contributed by atoms with van der Waals surface area (Å²) in [4.78, 5) is 24.7. The molecule has 146 valence electrons. The Balaban J connectivity index is 2.08. The summed E-state index contributed by atoms with van der Waals surface area (Å²) in [6.07, 6.45) is 0. The lowest BCUT2D eigenvalue weighted by atomic mass is 10.0. The van der Waals surface area contributed by atoms with Gasteiger partial charge in [-0.3, -0.25) is 4.79 Å². The maximum atomic E-state index is 13.1. The van der Waals surface area contributed by atoms with Gasteiger partial charge in [-0.15, -0.1) is 0 Å². The fourth-order valence-corrected chi connectivity index (χ4v) is 2.95. The Bertz CT molecular complexity index is 1080. The molecule has 3 aromatic rings. The second-order valence-corrected chi connectivity index (χ2v) is 6.00. The molecule has 0 aliphatic carbocycles. The maximum absolute atomic E-state index is 13.1. The van der Waals surface area contributed by atoms with E-state index in [1.54, 1.807) is 44.4 Å². The molecule has 1 aromatic heterocycles. The van der Waals surface area contributed by atoms with Crippen molar-refractivity contribution in [3.63, 3.8) is 0 Å². The van der Waals surface area contributed by atoms with Crippen LogP contribution in [0.3, 0.4) is 0 Å². The van der Waals surface area contributed by atoms with Crippen molar-refractivity contribution in [2.24, 2.45) is 0 Å². The summed E-state index contributed by atoms with van der Waals surface area (Å²) < 4.78 is 26.3. The first-order valence-electron chi connectivity index (χ1n) is 8.48. The Labute approximate surface area is 161 Å². The number of fused-ring (bicyclic) bond motifs is 1. The smallest absolute Gasteiger partial charge is 0.337 e. The van der Waals surface area contributed by atoms with E-state index in [0.29, 0.717) is 39.4 Å². The van der Waals surface area contributed by atoms with Gasteiger partial charge in [0.15, 0.2) is 11.5 Å². The van der Waals surface area contributed by atoms with Crippen LogP contribution in [0.2, 0.25) is 0 Å². The molecule has 0 saturated carbocycles. The van der Waals surface area contributed by atoms with Crippen LogP contribution in [0.1, 0.15) is 5.76 Å². The highest BCUT2D eigenvalue weighted by Gasteiger charge is 2.16. The molecule has 7 nitrogen and oxygen atoms in total. The Morgan fingerprint density at radius 2 is 1.75 bits per heavy atom. The van der Waals surface area contributed by atoms with E-state index < -0.39 is 5.97 Å². The molecular weight excluding hydrogens is 364 g/mol. The van der Waals surface area contributed by atoms with Crippen LogP contribution in [-0.2, 0) is 9.53 Å². The number of ether oxygens (including phenoxy) is 4. The topological polar surface area (TPSA) is 84.2 Å². The van der Waals surface area contributed by atoms with Crippen LogP contribution >= 0.6 is 0 Å². The van der Waals surface area contributed by atoms with Gasteiger partial charge in [0.05, 0.1) is 25.2 Å². The molecule has 7 heteroatoms. The zero-order valence-electron chi connectivity index (χ0n) is 16.0. The number of hydrogen-bond donors (Lipinski definition) is 0. The van der Waals surface area contributed by atoms with Crippen molar-refractivity contribution in [3.05, 3.63) is 52.4 Å². The van der Waals surface area contributed by atoms with Crippen molar-refractivity contribution < 1.29 is 28.2 Å². The van der Waals surface area contributed by atoms with Crippen LogP contribution in [0.15, 0.2) is 45.6 Å². The molecule has 0 N–H and O–H groups in total. The van der Waals surface area contributed by atoms with Crippen LogP contribution in [0.4, 0.5) is 0 Å². The van der Waals surface area contributed by atoms with Crippen LogP contribution in [0.5, 0.6) is 17.2 Å². The maximum Gasteiger partial charge on any atom is 0.337 e. The number of carbonyl (C=O) groups excluding carboxylic acids is 1. The molecule has 1 heterocycles. The predicted molar refractivity (Wildman–Crippen MR) is 103 cm³/mol. The number of esters is 1. The molecule has 0 atom stereocenters. The second-order valence-electron chi connectivity index (χ2n) is 6.00. The minimum absolute atomic E-state index is 0.167. The van der Waals surface area contributed by atoms with Crippen molar-refractivity contribution in [2.45, 2.75) is 6.92 Å². The van der Waals surface area contributed by atoms with Crippen molar-refractivity contribution in [3.8, 4) is 28.4 Å². The van der Waals surface area contributed by atoms with Crippen molar-refractivity contribution in [1.82, 2.24) is 0 Å². The fourth-order valence-electron chi connectivity index (χ4n) is 2.95. The molecule has 0 radical (unpaired) electrons. The van der Waals surface area contributed by atoms with Gasteiger partial charge in [0.2, 0.25) is 5.43 Å². The summed E-state index contributed by atoms with van der Waals surface area (Å²) in [5, 5.41) is 0.377. The monoisotopic (exact) mass is 384 g/mol. The number of carbonyl (C=O) groups is 1. The molecule has 0 saturated heterocycles. The van der Waals surface area contributed by atoms with E-state index >= 15 is 0 Å². The number of hydrogen-bond acceptors (Lipinski definition) is 7.